The normalized spacial score (nSPS) is 21.5. The number of carbonyl (C=O) groups excluding carboxylic acids is 1. The van der Waals surface area contributed by atoms with Gasteiger partial charge in [0.2, 0.25) is 11.9 Å². The summed E-state index contributed by atoms with van der Waals surface area (Å²) in [5.74, 6) is 1.40. The molecule has 0 saturated carbocycles. The third kappa shape index (κ3) is 11.4. The fraction of sp³-hybridized carbons (Fsp3) is 0.476. The summed E-state index contributed by atoms with van der Waals surface area (Å²) in [6, 6.07) is 28.9. The minimum absolute atomic E-state index is 0.0214. The SMILES string of the molecule is CCN(CC)C1CN(c2nc3c(c(N4CCN(C(=O)/C(F)=C/CCN(CC)C5CN(c6nc7c(c(N8CCN[C@@H](CC#N)C8)n6)COC(c6cccc8cccc(Cl)c68)C7)C5)[C@@H](CC#N)C4)n2)COC(c2cccc4cccc(Cl)c24)C3)C1. The number of anilines is 4. The second-order valence-corrected chi connectivity index (χ2v) is 23.5. The third-order valence-corrected chi connectivity index (χ3v) is 18.6. The Hall–Kier alpha value is -6.74. The topological polar surface area (TPSA) is 169 Å². The summed E-state index contributed by atoms with van der Waals surface area (Å²) in [6.45, 7) is 16.4. The molecule has 6 aromatic rings. The lowest BCUT2D eigenvalue weighted by Crippen LogP contribution is -2.60. The first kappa shape index (κ1) is 56.7. The van der Waals surface area contributed by atoms with Crippen molar-refractivity contribution in [1.29, 1.82) is 10.5 Å². The highest BCUT2D eigenvalue weighted by atomic mass is 35.5. The first-order valence-electron chi connectivity index (χ1n) is 29.5. The van der Waals surface area contributed by atoms with Crippen LogP contribution in [-0.2, 0) is 40.3 Å². The average Bonchev–Trinajstić information content (AvgIpc) is 3.55. The quantitative estimate of drug-likeness (QED) is 0.0858. The second-order valence-electron chi connectivity index (χ2n) is 22.7. The smallest absolute Gasteiger partial charge is 0.282 e. The van der Waals surface area contributed by atoms with Crippen molar-refractivity contribution in [3.8, 4) is 12.1 Å². The Labute approximate surface area is 495 Å². The fourth-order valence-corrected chi connectivity index (χ4v) is 13.9. The van der Waals surface area contributed by atoms with E-state index in [0.29, 0.717) is 99.5 Å². The van der Waals surface area contributed by atoms with Crippen LogP contribution >= 0.6 is 23.2 Å². The van der Waals surface area contributed by atoms with Gasteiger partial charge in [0, 0.05) is 135 Å². The predicted molar refractivity (Wildman–Crippen MR) is 323 cm³/mol. The maximum absolute atomic E-state index is 16.3. The Bertz CT molecular complexity index is 3500. The maximum Gasteiger partial charge on any atom is 0.282 e. The van der Waals surface area contributed by atoms with E-state index in [4.69, 9.17) is 52.6 Å². The number of nitriles is 2. The molecule has 1 amide bonds. The van der Waals surface area contributed by atoms with Gasteiger partial charge in [-0.25, -0.2) is 14.4 Å². The van der Waals surface area contributed by atoms with Crippen LogP contribution in [0.15, 0.2) is 84.7 Å². The van der Waals surface area contributed by atoms with E-state index in [1.807, 2.05) is 36.4 Å². The Morgan fingerprint density at radius 3 is 1.72 bits per heavy atom. The summed E-state index contributed by atoms with van der Waals surface area (Å²) < 4.78 is 29.6. The molecule has 17 nitrogen and oxygen atoms in total. The number of hydrogen-bond acceptors (Lipinski definition) is 16. The van der Waals surface area contributed by atoms with E-state index < -0.39 is 17.8 Å². The highest BCUT2D eigenvalue weighted by Crippen LogP contribution is 2.42. The number of nitrogens with zero attached hydrogens (tertiary/aromatic N) is 13. The third-order valence-electron chi connectivity index (χ3n) is 17.9. The van der Waals surface area contributed by atoms with Crippen LogP contribution in [-0.4, -0.2) is 156 Å². The Kier molecular flexibility index (Phi) is 17.0. The minimum atomic E-state index is -0.809. The molecule has 4 saturated heterocycles. The monoisotopic (exact) mass is 1160 g/mol. The molecule has 0 spiro atoms. The molecule has 1 N–H and O–H groups in total. The van der Waals surface area contributed by atoms with Crippen molar-refractivity contribution in [2.24, 2.45) is 0 Å². The first-order chi connectivity index (χ1) is 40.5. The number of fused-ring (bicyclic) bond motifs is 4. The molecule has 83 heavy (non-hydrogen) atoms. The minimum Gasteiger partial charge on any atom is -0.368 e. The number of carbonyl (C=O) groups is 1. The molecule has 20 heteroatoms. The maximum atomic E-state index is 16.3. The molecule has 0 bridgehead atoms. The van der Waals surface area contributed by atoms with Gasteiger partial charge in [-0.3, -0.25) is 14.6 Å². The van der Waals surface area contributed by atoms with Crippen LogP contribution in [0, 0.1) is 22.7 Å². The largest absolute Gasteiger partial charge is 0.368 e. The molecule has 4 atom stereocenters. The van der Waals surface area contributed by atoms with E-state index in [1.165, 1.54) is 11.0 Å². The number of rotatable bonds is 17. The zero-order valence-electron chi connectivity index (χ0n) is 47.5. The van der Waals surface area contributed by atoms with E-state index in [0.717, 1.165) is 113 Å². The number of aromatic nitrogens is 4. The van der Waals surface area contributed by atoms with Crippen molar-refractivity contribution in [2.75, 3.05) is 111 Å². The lowest BCUT2D eigenvalue weighted by molar-refractivity contribution is -0.131. The number of likely N-dealkylation sites (N-methyl/N-ethyl adjacent to an activating group) is 2. The van der Waals surface area contributed by atoms with Gasteiger partial charge >= 0.3 is 0 Å². The number of hydrogen-bond donors (Lipinski definition) is 1. The molecule has 8 heterocycles. The molecule has 0 radical (unpaired) electrons. The van der Waals surface area contributed by atoms with Crippen LogP contribution < -0.4 is 24.9 Å². The van der Waals surface area contributed by atoms with Crippen LogP contribution in [0.5, 0.6) is 0 Å². The molecule has 6 aliphatic heterocycles. The van der Waals surface area contributed by atoms with Crippen LogP contribution in [0.25, 0.3) is 21.5 Å². The van der Waals surface area contributed by atoms with Crippen LogP contribution in [0.2, 0.25) is 10.0 Å². The van der Waals surface area contributed by atoms with Crippen LogP contribution in [0.3, 0.4) is 0 Å². The van der Waals surface area contributed by atoms with E-state index in [2.05, 4.69) is 104 Å². The summed E-state index contributed by atoms with van der Waals surface area (Å²) in [7, 11) is 0. The number of ether oxygens (including phenoxy) is 2. The summed E-state index contributed by atoms with van der Waals surface area (Å²) >= 11 is 13.6. The van der Waals surface area contributed by atoms with E-state index in [9.17, 15) is 15.3 Å². The fourth-order valence-electron chi connectivity index (χ4n) is 13.3. The highest BCUT2D eigenvalue weighted by Gasteiger charge is 2.40. The number of halogens is 3. The van der Waals surface area contributed by atoms with Gasteiger partial charge in [0.25, 0.3) is 5.91 Å². The van der Waals surface area contributed by atoms with E-state index in [-0.39, 0.29) is 43.9 Å². The van der Waals surface area contributed by atoms with Gasteiger partial charge < -0.3 is 39.3 Å². The summed E-state index contributed by atoms with van der Waals surface area (Å²) in [5, 5.41) is 28.6. The molecule has 2 aromatic heterocycles. The first-order valence-corrected chi connectivity index (χ1v) is 30.3. The van der Waals surface area contributed by atoms with Crippen molar-refractivity contribution in [2.45, 2.75) is 102 Å². The van der Waals surface area contributed by atoms with Gasteiger partial charge in [0.05, 0.1) is 67.8 Å². The van der Waals surface area contributed by atoms with Gasteiger partial charge in [0.1, 0.15) is 11.6 Å². The van der Waals surface area contributed by atoms with Gasteiger partial charge in [-0.15, -0.1) is 0 Å². The van der Waals surface area contributed by atoms with Gasteiger partial charge in [-0.2, -0.15) is 20.5 Å². The van der Waals surface area contributed by atoms with Gasteiger partial charge in [-0.05, 0) is 66.2 Å². The molecule has 432 valence electrons. The zero-order valence-corrected chi connectivity index (χ0v) is 49.0. The van der Waals surface area contributed by atoms with Crippen molar-refractivity contribution >= 4 is 74.2 Å². The molecule has 4 aromatic carbocycles. The lowest BCUT2D eigenvalue weighted by Gasteiger charge is -2.46. The molecule has 0 aliphatic carbocycles. The van der Waals surface area contributed by atoms with Gasteiger partial charge in [-0.1, -0.05) is 105 Å². The van der Waals surface area contributed by atoms with Crippen LogP contribution in [0.4, 0.5) is 27.9 Å². The molecule has 12 rings (SSSR count). The Balaban J connectivity index is 0.719. The summed E-state index contributed by atoms with van der Waals surface area (Å²) in [6.07, 6.45) is 2.73. The molecule has 4 fully saturated rings. The van der Waals surface area contributed by atoms with Crippen molar-refractivity contribution in [3.05, 3.63) is 128 Å². The average molecular weight is 1160 g/mol. The lowest BCUT2D eigenvalue weighted by atomic mass is 9.94. The van der Waals surface area contributed by atoms with E-state index in [1.54, 1.807) is 0 Å². The molecular weight excluding hydrogens is 1090 g/mol. The predicted octanol–water partition coefficient (Wildman–Crippen LogP) is 9.12. The second kappa shape index (κ2) is 24.8. The van der Waals surface area contributed by atoms with E-state index >= 15 is 4.39 Å². The summed E-state index contributed by atoms with van der Waals surface area (Å²) in [4.78, 5) is 50.2. The Morgan fingerprint density at radius 1 is 0.675 bits per heavy atom. The number of piperazine rings is 2. The van der Waals surface area contributed by atoms with Gasteiger partial charge in [0.15, 0.2) is 5.83 Å². The molecule has 6 aliphatic rings. The number of nitrogens with one attached hydrogen (secondary N) is 1. The summed E-state index contributed by atoms with van der Waals surface area (Å²) in [5.41, 5.74) is 5.76. The van der Waals surface area contributed by atoms with Crippen molar-refractivity contribution in [1.82, 2.24) is 40.0 Å². The number of amides is 1. The van der Waals surface area contributed by atoms with Crippen molar-refractivity contribution in [3.63, 3.8) is 0 Å². The number of benzene rings is 4. The Morgan fingerprint density at radius 2 is 1.19 bits per heavy atom. The van der Waals surface area contributed by atoms with Crippen LogP contribution in [0.1, 0.15) is 85.9 Å². The molecular formula is C63H71Cl2FN14O3. The standard InChI is InChI=1S/C63H71Cl2FN14O3/c1-4-74(5-2)44-34-78(35-44)63-71-54-31-56(47-17-8-13-41-15-10-19-51(65)58(41)47)83-39-49(54)60(73-63)77-28-29-80(43(33-77)22-24-68)61(81)52(66)20-11-26-75(6-3)45-36-79(37-45)62-70-53-30-55(46-16-7-12-40-14-9-18-50(64)57(40)46)82-38-48(53)59(72-62)76-27-25-69-42(32-76)21-23-67/h7-10,12-20,42-45,55-56,69H,4-6,11,21-22,25-39H2,1-3H3/b52-20-/t42-,43-,55?,56?/m0/s1. The highest BCUT2D eigenvalue weighted by molar-refractivity contribution is 6.36. The zero-order chi connectivity index (χ0) is 57.3. The van der Waals surface area contributed by atoms with Crippen molar-refractivity contribution < 1.29 is 18.7 Å². The molecule has 2 unspecified atom stereocenters.